The number of carbonyl (C=O) groups is 1. The zero-order chi connectivity index (χ0) is 21.0. The molecule has 3 rings (SSSR count). The summed E-state index contributed by atoms with van der Waals surface area (Å²) in [6, 6.07) is 14.2. The second kappa shape index (κ2) is 9.35. The van der Waals surface area contributed by atoms with Gasteiger partial charge in [0.2, 0.25) is 0 Å². The number of nitrogens with one attached hydrogen (secondary N) is 3. The smallest absolute Gasteiger partial charge is 0.268 e. The lowest BCUT2D eigenvalue weighted by Gasteiger charge is -2.16. The molecule has 1 amide bonds. The standard InChI is InChI=1S/C22H23Cl2N3O2/c1-13(2)26-17-6-7-19(24)18(10-17)15-9-20(25-11-15)22(29)27-21(12-28)14-4-3-5-16(23)8-14/h3-11,13,21,25-26,28H,12H2,1-2H3,(H,27,29)/t21-/m1/s1. The fourth-order valence-corrected chi connectivity index (χ4v) is 3.47. The molecule has 0 unspecified atom stereocenters. The predicted molar refractivity (Wildman–Crippen MR) is 119 cm³/mol. The summed E-state index contributed by atoms with van der Waals surface area (Å²) in [5, 5.41) is 17.0. The van der Waals surface area contributed by atoms with Crippen LogP contribution < -0.4 is 10.6 Å². The predicted octanol–water partition coefficient (Wildman–Crippen LogP) is 5.27. The molecule has 0 aliphatic carbocycles. The van der Waals surface area contributed by atoms with E-state index in [0.29, 0.717) is 21.8 Å². The van der Waals surface area contributed by atoms with E-state index in [1.807, 2.05) is 18.2 Å². The van der Waals surface area contributed by atoms with Crippen LogP contribution >= 0.6 is 23.2 Å². The number of H-pyrrole nitrogens is 1. The fraction of sp³-hybridized carbons (Fsp3) is 0.227. The van der Waals surface area contributed by atoms with E-state index in [-0.39, 0.29) is 12.5 Å². The van der Waals surface area contributed by atoms with Gasteiger partial charge in [0.25, 0.3) is 5.91 Å². The molecule has 5 nitrogen and oxygen atoms in total. The molecule has 0 saturated heterocycles. The zero-order valence-corrected chi connectivity index (χ0v) is 17.7. The number of aromatic nitrogens is 1. The minimum Gasteiger partial charge on any atom is -0.394 e. The largest absolute Gasteiger partial charge is 0.394 e. The molecule has 152 valence electrons. The summed E-state index contributed by atoms with van der Waals surface area (Å²) in [7, 11) is 0. The van der Waals surface area contributed by atoms with Crippen LogP contribution in [0.1, 0.15) is 35.9 Å². The molecule has 0 bridgehead atoms. The van der Waals surface area contributed by atoms with Crippen LogP contribution in [0.15, 0.2) is 54.7 Å². The van der Waals surface area contributed by atoms with Crippen molar-refractivity contribution in [1.82, 2.24) is 10.3 Å². The van der Waals surface area contributed by atoms with Crippen LogP contribution in [-0.2, 0) is 0 Å². The number of amides is 1. The van der Waals surface area contributed by atoms with Crippen LogP contribution in [0.5, 0.6) is 0 Å². The van der Waals surface area contributed by atoms with E-state index in [1.165, 1.54) is 0 Å². The number of carbonyl (C=O) groups excluding carboxylic acids is 1. The van der Waals surface area contributed by atoms with Gasteiger partial charge in [0.15, 0.2) is 0 Å². The molecule has 29 heavy (non-hydrogen) atoms. The molecule has 0 spiro atoms. The van der Waals surface area contributed by atoms with Gasteiger partial charge < -0.3 is 20.7 Å². The minimum absolute atomic E-state index is 0.242. The van der Waals surface area contributed by atoms with Gasteiger partial charge in [-0.2, -0.15) is 0 Å². The molecule has 0 saturated carbocycles. The lowest BCUT2D eigenvalue weighted by atomic mass is 10.1. The molecule has 7 heteroatoms. The summed E-state index contributed by atoms with van der Waals surface area (Å²) in [4.78, 5) is 15.7. The fourth-order valence-electron chi connectivity index (χ4n) is 3.04. The molecule has 1 aromatic heterocycles. The monoisotopic (exact) mass is 431 g/mol. The zero-order valence-electron chi connectivity index (χ0n) is 16.2. The topological polar surface area (TPSA) is 77.2 Å². The van der Waals surface area contributed by atoms with Gasteiger partial charge in [0.05, 0.1) is 12.6 Å². The van der Waals surface area contributed by atoms with Crippen molar-refractivity contribution in [2.45, 2.75) is 25.9 Å². The summed E-state index contributed by atoms with van der Waals surface area (Å²) in [5.41, 5.74) is 3.68. The van der Waals surface area contributed by atoms with Gasteiger partial charge in [0.1, 0.15) is 5.69 Å². The number of aliphatic hydroxyl groups is 1. The van der Waals surface area contributed by atoms with Crippen molar-refractivity contribution in [3.05, 3.63) is 76.0 Å². The Morgan fingerprint density at radius 2 is 1.93 bits per heavy atom. The van der Waals surface area contributed by atoms with E-state index in [4.69, 9.17) is 23.2 Å². The van der Waals surface area contributed by atoms with Crippen molar-refractivity contribution in [2.24, 2.45) is 0 Å². The van der Waals surface area contributed by atoms with Crippen LogP contribution in [-0.4, -0.2) is 28.6 Å². The highest BCUT2D eigenvalue weighted by Gasteiger charge is 2.17. The third kappa shape index (κ3) is 5.32. The molecule has 3 aromatic rings. The molecule has 2 aromatic carbocycles. The van der Waals surface area contributed by atoms with E-state index >= 15 is 0 Å². The average molecular weight is 432 g/mol. The Balaban J connectivity index is 1.79. The molecule has 4 N–H and O–H groups in total. The Bertz CT molecular complexity index is 1000. The first-order valence-corrected chi connectivity index (χ1v) is 10.0. The lowest BCUT2D eigenvalue weighted by molar-refractivity contribution is 0.0912. The second-order valence-electron chi connectivity index (χ2n) is 7.06. The van der Waals surface area contributed by atoms with E-state index in [1.54, 1.807) is 36.5 Å². The van der Waals surface area contributed by atoms with E-state index in [9.17, 15) is 9.90 Å². The van der Waals surface area contributed by atoms with Gasteiger partial charge in [-0.1, -0.05) is 35.3 Å². The Hall–Kier alpha value is -2.47. The normalized spacial score (nSPS) is 12.1. The van der Waals surface area contributed by atoms with Crippen molar-refractivity contribution in [2.75, 3.05) is 11.9 Å². The number of hydrogen-bond acceptors (Lipinski definition) is 3. The second-order valence-corrected chi connectivity index (χ2v) is 7.90. The third-order valence-electron chi connectivity index (χ3n) is 4.40. The lowest BCUT2D eigenvalue weighted by Crippen LogP contribution is -2.31. The summed E-state index contributed by atoms with van der Waals surface area (Å²) in [5.74, 6) is -0.331. The number of benzene rings is 2. The van der Waals surface area contributed by atoms with Crippen LogP contribution in [0.25, 0.3) is 11.1 Å². The molecule has 0 fully saturated rings. The van der Waals surface area contributed by atoms with Crippen molar-refractivity contribution in [1.29, 1.82) is 0 Å². The SMILES string of the molecule is CC(C)Nc1ccc(Cl)c(-c2c[nH]c(C(=O)N[C@H](CO)c3cccc(Cl)c3)c2)c1. The van der Waals surface area contributed by atoms with Crippen molar-refractivity contribution < 1.29 is 9.90 Å². The molecular weight excluding hydrogens is 409 g/mol. The molecular formula is C22H23Cl2N3O2. The van der Waals surface area contributed by atoms with Gasteiger partial charge in [-0.25, -0.2) is 0 Å². The third-order valence-corrected chi connectivity index (χ3v) is 4.96. The molecule has 0 aliphatic heterocycles. The Kier molecular flexibility index (Phi) is 6.85. The first-order chi connectivity index (χ1) is 13.9. The summed E-state index contributed by atoms with van der Waals surface area (Å²) in [6.45, 7) is 3.88. The highest BCUT2D eigenvalue weighted by atomic mass is 35.5. The highest BCUT2D eigenvalue weighted by Crippen LogP contribution is 2.31. The number of aliphatic hydroxyl groups excluding tert-OH is 1. The van der Waals surface area contributed by atoms with Gasteiger partial charge in [-0.3, -0.25) is 4.79 Å². The van der Waals surface area contributed by atoms with E-state index in [2.05, 4.69) is 29.5 Å². The van der Waals surface area contributed by atoms with Gasteiger partial charge in [0, 0.05) is 39.1 Å². The highest BCUT2D eigenvalue weighted by molar-refractivity contribution is 6.33. The maximum absolute atomic E-state index is 12.7. The maximum Gasteiger partial charge on any atom is 0.268 e. The van der Waals surface area contributed by atoms with Gasteiger partial charge in [-0.05, 0) is 55.8 Å². The summed E-state index contributed by atoms with van der Waals surface area (Å²) >= 11 is 12.4. The minimum atomic E-state index is -0.560. The quantitative estimate of drug-likeness (QED) is 0.411. The number of hydrogen-bond donors (Lipinski definition) is 4. The van der Waals surface area contributed by atoms with Crippen LogP contribution in [0.4, 0.5) is 5.69 Å². The van der Waals surface area contributed by atoms with Crippen LogP contribution in [0.2, 0.25) is 10.0 Å². The molecule has 0 aliphatic rings. The van der Waals surface area contributed by atoms with E-state index < -0.39 is 6.04 Å². The molecule has 1 heterocycles. The summed E-state index contributed by atoms with van der Waals surface area (Å²) in [6.07, 6.45) is 1.74. The molecule has 0 radical (unpaired) electrons. The molecule has 1 atom stereocenters. The van der Waals surface area contributed by atoms with Gasteiger partial charge >= 0.3 is 0 Å². The Labute approximate surface area is 180 Å². The Morgan fingerprint density at radius 1 is 1.14 bits per heavy atom. The van der Waals surface area contributed by atoms with Crippen molar-refractivity contribution >= 4 is 34.8 Å². The van der Waals surface area contributed by atoms with Crippen LogP contribution in [0.3, 0.4) is 0 Å². The number of anilines is 1. The number of rotatable bonds is 7. The number of aromatic amines is 1. The van der Waals surface area contributed by atoms with Gasteiger partial charge in [-0.15, -0.1) is 0 Å². The van der Waals surface area contributed by atoms with Crippen molar-refractivity contribution in [3.63, 3.8) is 0 Å². The maximum atomic E-state index is 12.7. The van der Waals surface area contributed by atoms with Crippen LogP contribution in [0, 0.1) is 0 Å². The van der Waals surface area contributed by atoms with E-state index in [0.717, 1.165) is 22.4 Å². The first kappa shape index (κ1) is 21.2. The van der Waals surface area contributed by atoms with Crippen molar-refractivity contribution in [3.8, 4) is 11.1 Å². The summed E-state index contributed by atoms with van der Waals surface area (Å²) < 4.78 is 0. The number of halogens is 2. The first-order valence-electron chi connectivity index (χ1n) is 9.29. The average Bonchev–Trinajstić information content (AvgIpc) is 3.17. The Morgan fingerprint density at radius 3 is 2.62 bits per heavy atom.